The van der Waals surface area contributed by atoms with Crippen molar-refractivity contribution in [1.29, 1.82) is 0 Å². The molecule has 0 saturated carbocycles. The second kappa shape index (κ2) is 17.0. The highest BCUT2D eigenvalue weighted by Gasteiger charge is 2.27. The van der Waals surface area contributed by atoms with Gasteiger partial charge in [0.1, 0.15) is 0 Å². The third-order valence-corrected chi connectivity index (χ3v) is 11.9. The van der Waals surface area contributed by atoms with Crippen molar-refractivity contribution in [3.8, 4) is 0 Å². The van der Waals surface area contributed by atoms with Crippen molar-refractivity contribution in [2.75, 3.05) is 20.0 Å². The molecule has 11 aromatic rings. The Morgan fingerprint density at radius 3 is 1.09 bits per heavy atom. The van der Waals surface area contributed by atoms with E-state index >= 15 is 0 Å². The van der Waals surface area contributed by atoms with Gasteiger partial charge in [-0.25, -0.2) is 0 Å². The van der Waals surface area contributed by atoms with Gasteiger partial charge in [0.2, 0.25) is 0 Å². The smallest absolute Gasteiger partial charge is 0.0620 e. The molecule has 304 valence electrons. The van der Waals surface area contributed by atoms with Crippen LogP contribution in [0.15, 0.2) is 261 Å². The summed E-state index contributed by atoms with van der Waals surface area (Å²) in [4.78, 5) is 7.24. The molecule has 0 heterocycles. The molecule has 11 aromatic carbocycles. The molecule has 0 radical (unpaired) electrons. The van der Waals surface area contributed by atoms with Crippen LogP contribution in [0.4, 0.5) is 62.6 Å². The lowest BCUT2D eigenvalue weighted by atomic mass is 9.94. The van der Waals surface area contributed by atoms with Gasteiger partial charge in [0.15, 0.2) is 0 Å². The van der Waals surface area contributed by atoms with Crippen LogP contribution >= 0.6 is 0 Å². The number of hydrogen-bond donors (Lipinski definition) is 1. The van der Waals surface area contributed by atoms with Gasteiger partial charge in [0.05, 0.1) is 11.4 Å². The standard InChI is InChI=1S/C60H44N4/c1-7-23-46(24-8-1)61-47-36-39-55-57(42-47)59(63(49-27-11-3-12-28-49)50-29-13-4-14-30-50)56-40-38-54(43-58(56)60(55)64(51-31-15-5-16-32-51)52-33-17-6-18-34-52)62(48-25-9-2-10-26-48)53-37-35-44-21-19-20-22-45(44)41-53/h1-43,61H. The van der Waals surface area contributed by atoms with Crippen LogP contribution < -0.4 is 20.0 Å². The average molecular weight is 821 g/mol. The molecule has 4 nitrogen and oxygen atoms in total. The van der Waals surface area contributed by atoms with E-state index in [0.29, 0.717) is 0 Å². The Hall–Kier alpha value is -8.60. The summed E-state index contributed by atoms with van der Waals surface area (Å²) in [5.74, 6) is 0. The Bertz CT molecular complexity index is 3270. The zero-order valence-corrected chi connectivity index (χ0v) is 35.2. The number of anilines is 11. The van der Waals surface area contributed by atoms with Gasteiger partial charge in [-0.15, -0.1) is 0 Å². The van der Waals surface area contributed by atoms with Crippen LogP contribution in [0, 0.1) is 0 Å². The summed E-state index contributed by atoms with van der Waals surface area (Å²) in [6.45, 7) is 0. The fourth-order valence-electron chi connectivity index (χ4n) is 9.02. The highest BCUT2D eigenvalue weighted by Crippen LogP contribution is 2.53. The van der Waals surface area contributed by atoms with Crippen molar-refractivity contribution in [1.82, 2.24) is 0 Å². The third-order valence-electron chi connectivity index (χ3n) is 11.9. The van der Waals surface area contributed by atoms with Crippen LogP contribution in [0.5, 0.6) is 0 Å². The van der Waals surface area contributed by atoms with Crippen molar-refractivity contribution in [2.45, 2.75) is 0 Å². The summed E-state index contributed by atoms with van der Waals surface area (Å²) in [6.07, 6.45) is 0. The molecule has 0 bridgehead atoms. The normalized spacial score (nSPS) is 11.1. The highest BCUT2D eigenvalue weighted by molar-refractivity contribution is 6.24. The van der Waals surface area contributed by atoms with E-state index in [1.54, 1.807) is 0 Å². The molecule has 0 aliphatic heterocycles. The molecule has 4 heteroatoms. The number of benzene rings is 11. The lowest BCUT2D eigenvalue weighted by Crippen LogP contribution is -2.15. The first kappa shape index (κ1) is 38.3. The monoisotopic (exact) mass is 820 g/mol. The van der Waals surface area contributed by atoms with Crippen LogP contribution in [-0.2, 0) is 0 Å². The number of hydrogen-bond acceptors (Lipinski definition) is 4. The predicted molar refractivity (Wildman–Crippen MR) is 273 cm³/mol. The van der Waals surface area contributed by atoms with Gasteiger partial charge in [0, 0.05) is 72.7 Å². The Balaban J connectivity index is 1.28. The summed E-state index contributed by atoms with van der Waals surface area (Å²) < 4.78 is 0. The van der Waals surface area contributed by atoms with Crippen molar-refractivity contribution in [2.24, 2.45) is 0 Å². The van der Waals surface area contributed by atoms with E-state index in [4.69, 9.17) is 0 Å². The van der Waals surface area contributed by atoms with Crippen LogP contribution in [-0.4, -0.2) is 0 Å². The van der Waals surface area contributed by atoms with Gasteiger partial charge in [-0.3, -0.25) is 0 Å². The highest BCUT2D eigenvalue weighted by atomic mass is 15.2. The Kier molecular flexibility index (Phi) is 10.2. The van der Waals surface area contributed by atoms with Crippen LogP contribution in [0.2, 0.25) is 0 Å². The summed E-state index contributed by atoms with van der Waals surface area (Å²) in [7, 11) is 0. The zero-order chi connectivity index (χ0) is 42.7. The van der Waals surface area contributed by atoms with Crippen molar-refractivity contribution >= 4 is 94.9 Å². The molecule has 0 spiro atoms. The van der Waals surface area contributed by atoms with Crippen LogP contribution in [0.3, 0.4) is 0 Å². The molecule has 64 heavy (non-hydrogen) atoms. The van der Waals surface area contributed by atoms with Gasteiger partial charge < -0.3 is 20.0 Å². The number of rotatable bonds is 11. The molecule has 0 unspecified atom stereocenters. The minimum atomic E-state index is 1.00. The second-order valence-corrected chi connectivity index (χ2v) is 15.9. The summed E-state index contributed by atoms with van der Waals surface area (Å²) >= 11 is 0. The van der Waals surface area contributed by atoms with E-state index < -0.39 is 0 Å². The molecule has 0 aromatic heterocycles. The average Bonchev–Trinajstić information content (AvgIpc) is 3.37. The fraction of sp³-hybridized carbons (Fsp3) is 0. The largest absolute Gasteiger partial charge is 0.356 e. The molecule has 0 aliphatic carbocycles. The lowest BCUT2D eigenvalue weighted by Gasteiger charge is -2.34. The molecule has 11 rings (SSSR count). The van der Waals surface area contributed by atoms with Crippen LogP contribution in [0.25, 0.3) is 32.3 Å². The molecule has 0 aliphatic rings. The van der Waals surface area contributed by atoms with Gasteiger partial charge in [0.25, 0.3) is 0 Å². The van der Waals surface area contributed by atoms with Gasteiger partial charge in [-0.1, -0.05) is 152 Å². The van der Waals surface area contributed by atoms with E-state index in [1.807, 2.05) is 0 Å². The molecular weight excluding hydrogens is 777 g/mol. The maximum Gasteiger partial charge on any atom is 0.0620 e. The van der Waals surface area contributed by atoms with E-state index in [-0.39, 0.29) is 0 Å². The van der Waals surface area contributed by atoms with Crippen LogP contribution in [0.1, 0.15) is 0 Å². The molecule has 1 N–H and O–H groups in total. The Morgan fingerprint density at radius 1 is 0.219 bits per heavy atom. The summed E-state index contributed by atoms with van der Waals surface area (Å²) in [5.41, 5.74) is 11.7. The quantitative estimate of drug-likeness (QED) is 0.104. The molecule has 0 amide bonds. The SMILES string of the molecule is c1ccc(Nc2ccc3c(N(c4ccccc4)c4ccccc4)c4cc(N(c5ccccc5)c5ccc6ccccc6c5)ccc4c(N(c4ccccc4)c4ccccc4)c3c2)cc1. The second-order valence-electron chi connectivity index (χ2n) is 15.9. The van der Waals surface area contributed by atoms with Gasteiger partial charge in [-0.05, 0) is 120 Å². The number of fused-ring (bicyclic) bond motifs is 3. The zero-order valence-electron chi connectivity index (χ0n) is 35.2. The Labute approximate surface area is 374 Å². The van der Waals surface area contributed by atoms with E-state index in [1.165, 1.54) is 10.8 Å². The maximum absolute atomic E-state index is 3.74. The minimum Gasteiger partial charge on any atom is -0.356 e. The van der Waals surface area contributed by atoms with E-state index in [9.17, 15) is 0 Å². The first-order valence-corrected chi connectivity index (χ1v) is 21.8. The number of para-hydroxylation sites is 6. The summed E-state index contributed by atoms with van der Waals surface area (Å²) in [6, 6.07) is 93.3. The predicted octanol–water partition coefficient (Wildman–Crippen LogP) is 17.3. The van der Waals surface area contributed by atoms with E-state index in [2.05, 4.69) is 281 Å². The summed E-state index contributed by atoms with van der Waals surface area (Å²) in [5, 5.41) is 10.6. The maximum atomic E-state index is 3.74. The van der Waals surface area contributed by atoms with Crippen molar-refractivity contribution in [3.05, 3.63) is 261 Å². The van der Waals surface area contributed by atoms with Gasteiger partial charge >= 0.3 is 0 Å². The first-order valence-electron chi connectivity index (χ1n) is 21.8. The van der Waals surface area contributed by atoms with Gasteiger partial charge in [-0.2, -0.15) is 0 Å². The molecule has 0 saturated heterocycles. The third kappa shape index (κ3) is 7.33. The first-order chi connectivity index (χ1) is 31.8. The number of nitrogens with zero attached hydrogens (tertiary/aromatic N) is 3. The van der Waals surface area contributed by atoms with Crippen molar-refractivity contribution in [3.63, 3.8) is 0 Å². The molecule has 0 fully saturated rings. The number of nitrogens with one attached hydrogen (secondary N) is 1. The van der Waals surface area contributed by atoms with E-state index in [0.717, 1.165) is 84.1 Å². The van der Waals surface area contributed by atoms with Crippen molar-refractivity contribution < 1.29 is 0 Å². The lowest BCUT2D eigenvalue weighted by molar-refractivity contribution is 1.28. The topological polar surface area (TPSA) is 21.8 Å². The fourth-order valence-corrected chi connectivity index (χ4v) is 9.02. The molecular formula is C60H44N4. The minimum absolute atomic E-state index is 1.00. The Morgan fingerprint density at radius 2 is 0.594 bits per heavy atom. The molecule has 0 atom stereocenters.